The summed E-state index contributed by atoms with van der Waals surface area (Å²) in [7, 11) is 0. The lowest BCUT2D eigenvalue weighted by Gasteiger charge is -2.26. The molecule has 274 valence electrons. The molecular weight excluding hydrogens is 690 g/mol. The van der Waals surface area contributed by atoms with E-state index < -0.39 is 53.5 Å². The number of esters is 1. The topological polar surface area (TPSA) is 188 Å². The minimum Gasteiger partial charge on any atom is -0.459 e. The second-order valence-corrected chi connectivity index (χ2v) is 13.6. The van der Waals surface area contributed by atoms with Crippen molar-refractivity contribution in [2.45, 2.75) is 76.8 Å². The summed E-state index contributed by atoms with van der Waals surface area (Å²) in [5, 5.41) is 9.08. The highest BCUT2D eigenvalue weighted by molar-refractivity contribution is 6.30. The van der Waals surface area contributed by atoms with Gasteiger partial charge in [-0.1, -0.05) is 72.3 Å². The molecule has 0 aliphatic heterocycles. The van der Waals surface area contributed by atoms with E-state index in [0.717, 1.165) is 5.56 Å². The van der Waals surface area contributed by atoms with E-state index in [1.165, 1.54) is 4.57 Å². The van der Waals surface area contributed by atoms with Crippen LogP contribution in [0.4, 0.5) is 4.79 Å². The summed E-state index contributed by atoms with van der Waals surface area (Å²) < 4.78 is 12.3. The number of hydrogen-bond acceptors (Lipinski definition) is 8. The quantitative estimate of drug-likeness (QED) is 0.0984. The number of primary amides is 1. The van der Waals surface area contributed by atoms with Crippen LogP contribution in [-0.4, -0.2) is 64.5 Å². The second kappa shape index (κ2) is 18.0. The first-order valence-electron chi connectivity index (χ1n) is 16.6. The van der Waals surface area contributed by atoms with Gasteiger partial charge in [0.15, 0.2) is 0 Å². The van der Waals surface area contributed by atoms with Crippen molar-refractivity contribution in [1.82, 2.24) is 20.5 Å². The molecule has 1 aromatic heterocycles. The van der Waals surface area contributed by atoms with Crippen LogP contribution in [0.3, 0.4) is 0 Å². The van der Waals surface area contributed by atoms with Gasteiger partial charge in [-0.05, 0) is 62.1 Å². The van der Waals surface area contributed by atoms with Crippen molar-refractivity contribution in [3.63, 3.8) is 0 Å². The number of amides is 4. The van der Waals surface area contributed by atoms with E-state index in [1.807, 2.05) is 6.07 Å². The molecule has 3 aromatic carbocycles. The van der Waals surface area contributed by atoms with Crippen molar-refractivity contribution in [3.05, 3.63) is 107 Å². The molecule has 1 heterocycles. The van der Waals surface area contributed by atoms with Crippen LogP contribution in [0, 0.1) is 0 Å². The van der Waals surface area contributed by atoms with E-state index in [9.17, 15) is 28.8 Å². The number of carbonyl (C=O) groups excluding carboxylic acids is 6. The lowest BCUT2D eigenvalue weighted by atomic mass is 10.0. The minimum absolute atomic E-state index is 0.0680. The smallest absolute Gasteiger partial charge is 0.408 e. The molecule has 0 saturated heterocycles. The Morgan fingerprint density at radius 3 is 2.10 bits per heavy atom. The zero-order valence-electron chi connectivity index (χ0n) is 29.1. The number of carbonyl (C=O) groups is 6. The Hall–Kier alpha value is -5.69. The normalized spacial score (nSPS) is 12.9. The largest absolute Gasteiger partial charge is 0.459 e. The van der Waals surface area contributed by atoms with Crippen LogP contribution in [0.15, 0.2) is 85.1 Å². The van der Waals surface area contributed by atoms with Crippen molar-refractivity contribution < 1.29 is 38.2 Å². The molecular formula is C38H42ClN5O8. The van der Waals surface area contributed by atoms with Crippen LogP contribution in [0.2, 0.25) is 5.02 Å². The van der Waals surface area contributed by atoms with Gasteiger partial charge in [-0.2, -0.15) is 0 Å². The second-order valence-electron chi connectivity index (χ2n) is 13.1. The summed E-state index contributed by atoms with van der Waals surface area (Å²) in [6.07, 6.45) is 0.762. The first-order chi connectivity index (χ1) is 24.7. The summed E-state index contributed by atoms with van der Waals surface area (Å²) in [5.41, 5.74) is 7.00. The van der Waals surface area contributed by atoms with Crippen LogP contribution < -0.4 is 21.7 Å². The molecule has 0 aliphatic rings. The van der Waals surface area contributed by atoms with E-state index in [0.29, 0.717) is 33.5 Å². The number of nitrogens with zero attached hydrogens (tertiary/aromatic N) is 1. The lowest BCUT2D eigenvalue weighted by Crippen LogP contribution is -2.57. The van der Waals surface area contributed by atoms with Gasteiger partial charge < -0.3 is 31.2 Å². The fourth-order valence-electron chi connectivity index (χ4n) is 5.38. The molecule has 4 aromatic rings. The molecule has 14 heteroatoms. The number of rotatable bonds is 16. The van der Waals surface area contributed by atoms with E-state index in [4.69, 9.17) is 26.8 Å². The highest BCUT2D eigenvalue weighted by Crippen LogP contribution is 2.22. The fraction of sp³-hybridized carbons (Fsp3) is 0.316. The predicted molar refractivity (Wildman–Crippen MR) is 195 cm³/mol. The third-order valence-electron chi connectivity index (χ3n) is 7.86. The first-order valence-corrected chi connectivity index (χ1v) is 17.0. The Balaban J connectivity index is 1.65. The Morgan fingerprint density at radius 1 is 0.808 bits per heavy atom. The molecule has 4 amide bonds. The number of para-hydroxylation sites is 1. The summed E-state index contributed by atoms with van der Waals surface area (Å²) >= 11 is 5.99. The van der Waals surface area contributed by atoms with Crippen LogP contribution in [-0.2, 0) is 52.9 Å². The average Bonchev–Trinajstić information content (AvgIpc) is 3.45. The number of nitrogens with two attached hydrogens (primary N) is 1. The molecule has 5 N–H and O–H groups in total. The molecule has 0 unspecified atom stereocenters. The van der Waals surface area contributed by atoms with Crippen molar-refractivity contribution in [2.24, 2.45) is 5.73 Å². The summed E-state index contributed by atoms with van der Waals surface area (Å²) in [6, 6.07) is 18.9. The van der Waals surface area contributed by atoms with E-state index >= 15 is 0 Å². The van der Waals surface area contributed by atoms with Crippen molar-refractivity contribution in [3.8, 4) is 0 Å². The number of hydrogen-bond donors (Lipinski definition) is 4. The summed E-state index contributed by atoms with van der Waals surface area (Å²) in [6.45, 7) is 4.86. The maximum Gasteiger partial charge on any atom is 0.408 e. The van der Waals surface area contributed by atoms with Crippen molar-refractivity contribution >= 4 is 58.7 Å². The Bertz CT molecular complexity index is 1890. The van der Waals surface area contributed by atoms with Gasteiger partial charge in [0.05, 0.1) is 5.52 Å². The molecule has 0 spiro atoms. The Labute approximate surface area is 306 Å². The average molecular weight is 732 g/mol. The van der Waals surface area contributed by atoms with Crippen LogP contribution >= 0.6 is 11.6 Å². The third-order valence-corrected chi connectivity index (χ3v) is 8.11. The van der Waals surface area contributed by atoms with Gasteiger partial charge in [-0.25, -0.2) is 9.59 Å². The lowest BCUT2D eigenvalue weighted by molar-refractivity contribution is -0.149. The molecule has 52 heavy (non-hydrogen) atoms. The van der Waals surface area contributed by atoms with Gasteiger partial charge in [0.1, 0.15) is 30.3 Å². The number of nitrogens with one attached hydrogen (secondary N) is 3. The van der Waals surface area contributed by atoms with Crippen LogP contribution in [0.1, 0.15) is 50.3 Å². The molecule has 0 aliphatic carbocycles. The number of fused-ring (bicyclic) bond motifs is 1. The number of ether oxygens (including phenoxy) is 2. The van der Waals surface area contributed by atoms with E-state index in [-0.39, 0.29) is 32.3 Å². The van der Waals surface area contributed by atoms with Gasteiger partial charge in [-0.15, -0.1) is 0 Å². The predicted octanol–water partition coefficient (Wildman–Crippen LogP) is 3.99. The molecule has 0 radical (unpaired) electrons. The third kappa shape index (κ3) is 11.7. The Kier molecular flexibility index (Phi) is 13.5. The molecule has 3 atom stereocenters. The zero-order valence-corrected chi connectivity index (χ0v) is 29.9. The highest BCUT2D eigenvalue weighted by Gasteiger charge is 2.32. The monoisotopic (exact) mass is 731 g/mol. The fourth-order valence-corrected chi connectivity index (χ4v) is 5.51. The SMILES string of the molecule is CC(C)(C)OC(=O)N[C@@H](CCC(N)=O)C(=O)N[C@H](Cc1cn(C=O)c2ccccc12)C(=O)N[C@@H](Cc1ccccc1)C(=O)OCc1ccc(Cl)cc1. The van der Waals surface area contributed by atoms with Crippen LogP contribution in [0.5, 0.6) is 0 Å². The highest BCUT2D eigenvalue weighted by atomic mass is 35.5. The maximum absolute atomic E-state index is 14.2. The summed E-state index contributed by atoms with van der Waals surface area (Å²) in [5.74, 6) is -2.98. The first kappa shape index (κ1) is 39.1. The van der Waals surface area contributed by atoms with Gasteiger partial charge in [0.25, 0.3) is 0 Å². The number of benzene rings is 3. The Morgan fingerprint density at radius 2 is 1.44 bits per heavy atom. The van der Waals surface area contributed by atoms with Crippen LogP contribution in [0.25, 0.3) is 10.9 Å². The van der Waals surface area contributed by atoms with Crippen molar-refractivity contribution in [1.29, 1.82) is 0 Å². The van der Waals surface area contributed by atoms with E-state index in [1.54, 1.807) is 99.8 Å². The standard InChI is InChI=1S/C38H42ClN5O8/c1-38(2,3)52-37(50)43-29(17-18-33(40)46)34(47)41-30(20-26-21-44(23-45)32-12-8-7-11-28(26)32)35(48)42-31(19-24-9-5-4-6-10-24)36(49)51-22-25-13-15-27(39)16-14-25/h4-16,21,23,29-31H,17-20,22H2,1-3H3,(H2,40,46)(H,41,47)(H,42,48)(H,43,50)/t29-,30+,31-/m0/s1. The van der Waals surface area contributed by atoms with Gasteiger partial charge in [0, 0.05) is 35.9 Å². The van der Waals surface area contributed by atoms with Gasteiger partial charge >= 0.3 is 12.1 Å². The number of aromatic nitrogens is 1. The molecule has 13 nitrogen and oxygen atoms in total. The molecule has 0 fully saturated rings. The molecule has 0 bridgehead atoms. The van der Waals surface area contributed by atoms with Gasteiger partial charge in [-0.3, -0.25) is 23.7 Å². The maximum atomic E-state index is 14.2. The molecule has 4 rings (SSSR count). The van der Waals surface area contributed by atoms with E-state index in [2.05, 4.69) is 16.0 Å². The number of alkyl carbamates (subject to hydrolysis) is 1. The molecule has 0 saturated carbocycles. The minimum atomic E-state index is -1.34. The summed E-state index contributed by atoms with van der Waals surface area (Å²) in [4.78, 5) is 77.8. The van der Waals surface area contributed by atoms with Gasteiger partial charge in [0.2, 0.25) is 24.1 Å². The van der Waals surface area contributed by atoms with Crippen molar-refractivity contribution in [2.75, 3.05) is 0 Å². The zero-order chi connectivity index (χ0) is 37.8. The number of halogens is 1.